The van der Waals surface area contributed by atoms with Crippen molar-refractivity contribution in [2.24, 2.45) is 0 Å². The Morgan fingerprint density at radius 1 is 1.17 bits per heavy atom. The minimum absolute atomic E-state index is 0.0139. The number of thiazole rings is 1. The van der Waals surface area contributed by atoms with Gasteiger partial charge in [0.05, 0.1) is 16.3 Å². The van der Waals surface area contributed by atoms with Crippen molar-refractivity contribution in [2.75, 3.05) is 6.61 Å². The third-order valence-electron chi connectivity index (χ3n) is 2.39. The Morgan fingerprint density at radius 2 is 1.83 bits per heavy atom. The molecule has 6 heteroatoms. The average molecular weight is 273 g/mol. The van der Waals surface area contributed by atoms with Crippen LogP contribution < -0.4 is 0 Å². The summed E-state index contributed by atoms with van der Waals surface area (Å²) in [5, 5.41) is 11.3. The van der Waals surface area contributed by atoms with Crippen LogP contribution in [-0.4, -0.2) is 16.7 Å². The van der Waals surface area contributed by atoms with Crippen molar-refractivity contribution in [2.45, 2.75) is 12.6 Å². The van der Waals surface area contributed by atoms with Crippen LogP contribution in [-0.2, 0) is 12.6 Å². The number of rotatable bonds is 3. The molecular weight excluding hydrogens is 263 g/mol. The first-order valence-corrected chi connectivity index (χ1v) is 6.11. The lowest BCUT2D eigenvalue weighted by molar-refractivity contribution is -0.137. The molecule has 1 aromatic carbocycles. The quantitative estimate of drug-likeness (QED) is 0.930. The van der Waals surface area contributed by atoms with Crippen molar-refractivity contribution in [1.82, 2.24) is 4.98 Å². The van der Waals surface area contributed by atoms with Crippen molar-refractivity contribution < 1.29 is 18.3 Å². The summed E-state index contributed by atoms with van der Waals surface area (Å²) in [7, 11) is 0. The maximum absolute atomic E-state index is 12.4. The van der Waals surface area contributed by atoms with Gasteiger partial charge in [-0.15, -0.1) is 11.3 Å². The van der Waals surface area contributed by atoms with Crippen LogP contribution in [0.2, 0.25) is 0 Å². The van der Waals surface area contributed by atoms with E-state index in [4.69, 9.17) is 5.11 Å². The highest BCUT2D eigenvalue weighted by Gasteiger charge is 2.30. The van der Waals surface area contributed by atoms with Crippen LogP contribution in [0.15, 0.2) is 29.6 Å². The number of hydrogen-bond acceptors (Lipinski definition) is 3. The summed E-state index contributed by atoms with van der Waals surface area (Å²) in [4.78, 5) is 4.24. The Kier molecular flexibility index (Phi) is 3.68. The molecule has 1 heterocycles. The number of aliphatic hydroxyl groups is 1. The topological polar surface area (TPSA) is 33.1 Å². The van der Waals surface area contributed by atoms with Crippen LogP contribution in [0, 0.1) is 0 Å². The van der Waals surface area contributed by atoms with Gasteiger partial charge in [0.1, 0.15) is 0 Å². The van der Waals surface area contributed by atoms with Crippen LogP contribution >= 0.6 is 11.3 Å². The van der Waals surface area contributed by atoms with E-state index in [0.717, 1.165) is 17.1 Å². The van der Waals surface area contributed by atoms with Crippen molar-refractivity contribution in [3.8, 4) is 11.3 Å². The van der Waals surface area contributed by atoms with E-state index in [1.54, 1.807) is 5.38 Å². The summed E-state index contributed by atoms with van der Waals surface area (Å²) in [6.07, 6.45) is -3.85. The molecule has 18 heavy (non-hydrogen) atoms. The second kappa shape index (κ2) is 5.07. The predicted octanol–water partition coefficient (Wildman–Crippen LogP) is 3.36. The number of halogens is 3. The molecule has 0 saturated heterocycles. The Hall–Kier alpha value is -1.40. The number of benzene rings is 1. The summed E-state index contributed by atoms with van der Waals surface area (Å²) >= 11 is 1.39. The van der Waals surface area contributed by atoms with E-state index in [1.807, 2.05) is 0 Å². The fraction of sp³-hybridized carbons (Fsp3) is 0.250. The van der Waals surface area contributed by atoms with Crippen molar-refractivity contribution in [3.63, 3.8) is 0 Å². The first-order valence-electron chi connectivity index (χ1n) is 5.23. The second-order valence-corrected chi connectivity index (χ2v) is 4.62. The van der Waals surface area contributed by atoms with Gasteiger partial charge in [-0.05, 0) is 12.1 Å². The number of aromatic nitrogens is 1. The maximum Gasteiger partial charge on any atom is 0.416 e. The summed E-state index contributed by atoms with van der Waals surface area (Å²) in [6.45, 7) is 0.0139. The molecule has 2 rings (SSSR count). The minimum Gasteiger partial charge on any atom is -0.396 e. The molecule has 0 spiro atoms. The predicted molar refractivity (Wildman–Crippen MR) is 63.3 cm³/mol. The monoisotopic (exact) mass is 273 g/mol. The van der Waals surface area contributed by atoms with E-state index in [1.165, 1.54) is 23.5 Å². The molecule has 2 aromatic rings. The molecule has 0 saturated carbocycles. The van der Waals surface area contributed by atoms with Gasteiger partial charge in [0.25, 0.3) is 0 Å². The molecule has 0 fully saturated rings. The first kappa shape index (κ1) is 13.0. The molecule has 1 N–H and O–H groups in total. The van der Waals surface area contributed by atoms with Gasteiger partial charge in [-0.1, -0.05) is 12.1 Å². The Bertz CT molecular complexity index is 519. The number of aliphatic hydroxyl groups excluding tert-OH is 1. The van der Waals surface area contributed by atoms with Crippen molar-refractivity contribution in [3.05, 3.63) is 40.2 Å². The first-order chi connectivity index (χ1) is 8.50. The fourth-order valence-electron chi connectivity index (χ4n) is 1.48. The fourth-order valence-corrected chi connectivity index (χ4v) is 2.28. The molecule has 2 nitrogen and oxygen atoms in total. The third kappa shape index (κ3) is 2.88. The second-order valence-electron chi connectivity index (χ2n) is 3.68. The van der Waals surface area contributed by atoms with E-state index >= 15 is 0 Å². The lowest BCUT2D eigenvalue weighted by Crippen LogP contribution is -2.04. The third-order valence-corrected chi connectivity index (χ3v) is 3.29. The molecule has 0 aliphatic rings. The van der Waals surface area contributed by atoms with Crippen molar-refractivity contribution >= 4 is 11.3 Å². The lowest BCUT2D eigenvalue weighted by atomic mass is 10.1. The van der Waals surface area contributed by atoms with E-state index < -0.39 is 11.7 Å². The summed E-state index contributed by atoms with van der Waals surface area (Å²) < 4.78 is 37.2. The van der Waals surface area contributed by atoms with Crippen molar-refractivity contribution in [1.29, 1.82) is 0 Å². The molecule has 0 atom stereocenters. The van der Waals surface area contributed by atoms with Crippen LogP contribution in [0.5, 0.6) is 0 Å². The smallest absolute Gasteiger partial charge is 0.396 e. The molecule has 0 aliphatic heterocycles. The standard InChI is InChI=1S/C12H10F3NOS/c13-12(14,15)9-3-1-8(2-4-9)10-7-18-11(16-10)5-6-17/h1-4,7,17H,5-6H2. The van der Waals surface area contributed by atoms with Crippen LogP contribution in [0.4, 0.5) is 13.2 Å². The van der Waals surface area contributed by atoms with E-state index in [2.05, 4.69) is 4.98 Å². The van der Waals surface area contributed by atoms with E-state index in [9.17, 15) is 13.2 Å². The molecule has 0 bridgehead atoms. The summed E-state index contributed by atoms with van der Waals surface area (Å²) in [5.41, 5.74) is 0.609. The van der Waals surface area contributed by atoms with Crippen LogP contribution in [0.25, 0.3) is 11.3 Å². The van der Waals surface area contributed by atoms with Gasteiger partial charge in [0.15, 0.2) is 0 Å². The van der Waals surface area contributed by atoms with Gasteiger partial charge < -0.3 is 5.11 Å². The molecule has 0 amide bonds. The van der Waals surface area contributed by atoms with Crippen LogP contribution in [0.1, 0.15) is 10.6 Å². The van der Waals surface area contributed by atoms with Gasteiger partial charge in [-0.3, -0.25) is 0 Å². The minimum atomic E-state index is -4.32. The molecule has 0 aliphatic carbocycles. The van der Waals surface area contributed by atoms with Crippen LogP contribution in [0.3, 0.4) is 0 Å². The van der Waals surface area contributed by atoms with Gasteiger partial charge in [0, 0.05) is 24.0 Å². The normalized spacial score (nSPS) is 11.8. The summed E-state index contributed by atoms with van der Waals surface area (Å²) in [6, 6.07) is 4.89. The number of alkyl halides is 3. The Balaban J connectivity index is 2.23. The highest BCUT2D eigenvalue weighted by Crippen LogP contribution is 2.31. The van der Waals surface area contributed by atoms with Gasteiger partial charge in [-0.2, -0.15) is 13.2 Å². The van der Waals surface area contributed by atoms with Gasteiger partial charge in [-0.25, -0.2) is 4.98 Å². The SMILES string of the molecule is OCCc1nc(-c2ccc(C(F)(F)F)cc2)cs1. The molecule has 1 aromatic heterocycles. The molecular formula is C12H10F3NOS. The zero-order chi connectivity index (χ0) is 13.2. The average Bonchev–Trinajstić information content (AvgIpc) is 2.77. The highest BCUT2D eigenvalue weighted by atomic mass is 32.1. The number of hydrogen-bond donors (Lipinski definition) is 1. The lowest BCUT2D eigenvalue weighted by Gasteiger charge is -2.06. The van der Waals surface area contributed by atoms with E-state index in [-0.39, 0.29) is 6.61 Å². The molecule has 0 unspecified atom stereocenters. The zero-order valence-corrected chi connectivity index (χ0v) is 10.1. The Labute approximate surface area is 106 Å². The van der Waals surface area contributed by atoms with Gasteiger partial charge in [0.2, 0.25) is 0 Å². The van der Waals surface area contributed by atoms with Gasteiger partial charge >= 0.3 is 6.18 Å². The number of nitrogens with zero attached hydrogens (tertiary/aromatic N) is 1. The highest BCUT2D eigenvalue weighted by molar-refractivity contribution is 7.09. The summed E-state index contributed by atoms with van der Waals surface area (Å²) in [5.74, 6) is 0. The molecule has 96 valence electrons. The largest absolute Gasteiger partial charge is 0.416 e. The zero-order valence-electron chi connectivity index (χ0n) is 9.24. The molecule has 0 radical (unpaired) electrons. The van der Waals surface area contributed by atoms with E-state index in [0.29, 0.717) is 17.7 Å². The maximum atomic E-state index is 12.4. The Morgan fingerprint density at radius 3 is 2.39 bits per heavy atom.